The molecular formula is C15H14ClN3O. The Morgan fingerprint density at radius 2 is 2.20 bits per heavy atom. The van der Waals surface area contributed by atoms with Crippen LogP contribution in [0.25, 0.3) is 0 Å². The second kappa shape index (κ2) is 5.13. The Kier molecular flexibility index (Phi) is 3.32. The van der Waals surface area contributed by atoms with Gasteiger partial charge in [0.15, 0.2) is 0 Å². The second-order valence-corrected chi connectivity index (χ2v) is 5.25. The van der Waals surface area contributed by atoms with Gasteiger partial charge in [0.25, 0.3) is 5.91 Å². The third kappa shape index (κ3) is 2.34. The maximum absolute atomic E-state index is 12.5. The summed E-state index contributed by atoms with van der Waals surface area (Å²) in [5.41, 5.74) is 8.96. The minimum atomic E-state index is -0.0614. The van der Waals surface area contributed by atoms with E-state index in [2.05, 4.69) is 4.98 Å². The van der Waals surface area contributed by atoms with E-state index in [0.29, 0.717) is 29.4 Å². The van der Waals surface area contributed by atoms with Crippen LogP contribution in [0.3, 0.4) is 0 Å². The van der Waals surface area contributed by atoms with Crippen LogP contribution >= 0.6 is 11.6 Å². The lowest BCUT2D eigenvalue weighted by Crippen LogP contribution is -2.36. The summed E-state index contributed by atoms with van der Waals surface area (Å²) in [5, 5.41) is 0.534. The first kappa shape index (κ1) is 12.9. The average Bonchev–Trinajstić information content (AvgIpc) is 2.46. The molecule has 1 aromatic heterocycles. The van der Waals surface area contributed by atoms with Gasteiger partial charge in [-0.1, -0.05) is 17.7 Å². The standard InChI is InChI=1S/C15H14ClN3O/c16-11-3-4-12(13(17)8-11)15(20)19-7-5-14-10(9-19)2-1-6-18-14/h1-4,6,8H,5,7,9,17H2. The highest BCUT2D eigenvalue weighted by Gasteiger charge is 2.23. The number of fused-ring (bicyclic) bond motifs is 1. The number of carbonyl (C=O) groups is 1. The SMILES string of the molecule is Nc1cc(Cl)ccc1C(=O)N1CCc2ncccc2C1. The fourth-order valence-electron chi connectivity index (χ4n) is 2.44. The third-order valence-corrected chi connectivity index (χ3v) is 3.73. The molecular weight excluding hydrogens is 274 g/mol. The van der Waals surface area contributed by atoms with Gasteiger partial charge in [0.2, 0.25) is 0 Å². The molecule has 2 aromatic rings. The molecule has 0 saturated carbocycles. The van der Waals surface area contributed by atoms with Gasteiger partial charge in [0.1, 0.15) is 0 Å². The zero-order valence-electron chi connectivity index (χ0n) is 10.8. The van der Waals surface area contributed by atoms with E-state index in [-0.39, 0.29) is 5.91 Å². The molecule has 102 valence electrons. The fourth-order valence-corrected chi connectivity index (χ4v) is 2.62. The van der Waals surface area contributed by atoms with Gasteiger partial charge in [-0.2, -0.15) is 0 Å². The van der Waals surface area contributed by atoms with Crippen LogP contribution in [0.5, 0.6) is 0 Å². The van der Waals surface area contributed by atoms with E-state index < -0.39 is 0 Å². The number of hydrogen-bond donors (Lipinski definition) is 1. The van der Waals surface area contributed by atoms with Gasteiger partial charge >= 0.3 is 0 Å². The molecule has 0 spiro atoms. The minimum Gasteiger partial charge on any atom is -0.398 e. The Bertz CT molecular complexity index is 672. The number of pyridine rings is 1. The average molecular weight is 288 g/mol. The maximum atomic E-state index is 12.5. The molecule has 0 bridgehead atoms. The molecule has 5 heteroatoms. The van der Waals surface area contributed by atoms with Gasteiger partial charge < -0.3 is 10.6 Å². The van der Waals surface area contributed by atoms with Gasteiger partial charge in [-0.05, 0) is 29.8 Å². The summed E-state index contributed by atoms with van der Waals surface area (Å²) in [6, 6.07) is 8.87. The molecule has 0 radical (unpaired) electrons. The third-order valence-electron chi connectivity index (χ3n) is 3.50. The molecule has 0 fully saturated rings. The van der Waals surface area contributed by atoms with E-state index in [1.807, 2.05) is 12.1 Å². The lowest BCUT2D eigenvalue weighted by molar-refractivity contribution is 0.0734. The largest absolute Gasteiger partial charge is 0.398 e. The summed E-state index contributed by atoms with van der Waals surface area (Å²) in [6.45, 7) is 1.23. The Balaban J connectivity index is 1.86. The zero-order valence-corrected chi connectivity index (χ0v) is 11.6. The Morgan fingerprint density at radius 3 is 3.00 bits per heavy atom. The Hall–Kier alpha value is -2.07. The first-order valence-electron chi connectivity index (χ1n) is 6.42. The highest BCUT2D eigenvalue weighted by Crippen LogP contribution is 2.23. The normalized spacial score (nSPS) is 13.9. The topological polar surface area (TPSA) is 59.2 Å². The highest BCUT2D eigenvalue weighted by atomic mass is 35.5. The van der Waals surface area contributed by atoms with Crippen molar-refractivity contribution in [3.8, 4) is 0 Å². The molecule has 1 aliphatic heterocycles. The van der Waals surface area contributed by atoms with Gasteiger partial charge in [0.05, 0.1) is 5.56 Å². The number of nitrogen functional groups attached to an aromatic ring is 1. The number of rotatable bonds is 1. The van der Waals surface area contributed by atoms with E-state index in [1.54, 1.807) is 29.3 Å². The van der Waals surface area contributed by atoms with Crippen LogP contribution in [0.4, 0.5) is 5.69 Å². The van der Waals surface area contributed by atoms with Gasteiger partial charge in [0, 0.05) is 42.1 Å². The molecule has 0 aliphatic carbocycles. The minimum absolute atomic E-state index is 0.0614. The molecule has 0 atom stereocenters. The summed E-state index contributed by atoms with van der Waals surface area (Å²) in [5.74, 6) is -0.0614. The quantitative estimate of drug-likeness (QED) is 0.820. The van der Waals surface area contributed by atoms with Crippen LogP contribution in [0.15, 0.2) is 36.5 Å². The summed E-state index contributed by atoms with van der Waals surface area (Å²) >= 11 is 5.86. The van der Waals surface area contributed by atoms with E-state index in [9.17, 15) is 4.79 Å². The van der Waals surface area contributed by atoms with Crippen molar-refractivity contribution < 1.29 is 4.79 Å². The van der Waals surface area contributed by atoms with Crippen molar-refractivity contribution in [1.82, 2.24) is 9.88 Å². The van der Waals surface area contributed by atoms with Crippen molar-refractivity contribution in [3.05, 3.63) is 58.4 Å². The van der Waals surface area contributed by atoms with E-state index in [1.165, 1.54) is 0 Å². The molecule has 4 nitrogen and oxygen atoms in total. The number of hydrogen-bond acceptors (Lipinski definition) is 3. The van der Waals surface area contributed by atoms with Gasteiger partial charge in [-0.25, -0.2) is 0 Å². The molecule has 20 heavy (non-hydrogen) atoms. The number of halogens is 1. The lowest BCUT2D eigenvalue weighted by atomic mass is 10.0. The van der Waals surface area contributed by atoms with E-state index in [4.69, 9.17) is 17.3 Å². The predicted octanol–water partition coefficient (Wildman–Crippen LogP) is 2.52. The van der Waals surface area contributed by atoms with Crippen molar-refractivity contribution in [2.45, 2.75) is 13.0 Å². The van der Waals surface area contributed by atoms with Crippen LogP contribution in [-0.4, -0.2) is 22.3 Å². The van der Waals surface area contributed by atoms with Crippen LogP contribution in [-0.2, 0) is 13.0 Å². The number of nitrogens with zero attached hydrogens (tertiary/aromatic N) is 2. The highest BCUT2D eigenvalue weighted by molar-refractivity contribution is 6.31. The summed E-state index contributed by atoms with van der Waals surface area (Å²) in [6.07, 6.45) is 2.56. The van der Waals surface area contributed by atoms with Crippen molar-refractivity contribution in [2.24, 2.45) is 0 Å². The molecule has 0 unspecified atom stereocenters. The fraction of sp³-hybridized carbons (Fsp3) is 0.200. The summed E-state index contributed by atoms with van der Waals surface area (Å²) in [7, 11) is 0. The Morgan fingerprint density at radius 1 is 1.35 bits per heavy atom. The lowest BCUT2D eigenvalue weighted by Gasteiger charge is -2.28. The van der Waals surface area contributed by atoms with Crippen molar-refractivity contribution in [3.63, 3.8) is 0 Å². The van der Waals surface area contributed by atoms with Gasteiger partial charge in [-0.3, -0.25) is 9.78 Å². The summed E-state index contributed by atoms with van der Waals surface area (Å²) in [4.78, 5) is 18.7. The van der Waals surface area contributed by atoms with Crippen molar-refractivity contribution >= 4 is 23.2 Å². The number of carbonyl (C=O) groups excluding carboxylic acids is 1. The zero-order chi connectivity index (χ0) is 14.1. The van der Waals surface area contributed by atoms with Crippen LogP contribution in [0.1, 0.15) is 21.6 Å². The molecule has 1 aromatic carbocycles. The van der Waals surface area contributed by atoms with Crippen molar-refractivity contribution in [1.29, 1.82) is 0 Å². The van der Waals surface area contributed by atoms with E-state index in [0.717, 1.165) is 17.7 Å². The number of aromatic nitrogens is 1. The first-order chi connectivity index (χ1) is 9.65. The number of anilines is 1. The number of nitrogens with two attached hydrogens (primary N) is 1. The smallest absolute Gasteiger partial charge is 0.256 e. The van der Waals surface area contributed by atoms with Gasteiger partial charge in [-0.15, -0.1) is 0 Å². The molecule has 1 aliphatic rings. The predicted molar refractivity (Wildman–Crippen MR) is 78.5 cm³/mol. The van der Waals surface area contributed by atoms with Crippen LogP contribution in [0, 0.1) is 0 Å². The molecule has 0 saturated heterocycles. The van der Waals surface area contributed by atoms with Crippen LogP contribution < -0.4 is 5.73 Å². The van der Waals surface area contributed by atoms with Crippen molar-refractivity contribution in [2.75, 3.05) is 12.3 Å². The maximum Gasteiger partial charge on any atom is 0.256 e. The molecule has 2 heterocycles. The second-order valence-electron chi connectivity index (χ2n) is 4.82. The Labute approximate surface area is 122 Å². The number of amides is 1. The monoisotopic (exact) mass is 287 g/mol. The van der Waals surface area contributed by atoms with Crippen LogP contribution in [0.2, 0.25) is 5.02 Å². The molecule has 3 rings (SSSR count). The summed E-state index contributed by atoms with van der Waals surface area (Å²) < 4.78 is 0. The number of benzene rings is 1. The molecule has 2 N–H and O–H groups in total. The molecule has 1 amide bonds. The van der Waals surface area contributed by atoms with E-state index >= 15 is 0 Å². The first-order valence-corrected chi connectivity index (χ1v) is 6.80.